The minimum absolute atomic E-state index is 0.000927. The summed E-state index contributed by atoms with van der Waals surface area (Å²) in [5.74, 6) is -1.24. The van der Waals surface area contributed by atoms with Crippen LogP contribution in [0.25, 0.3) is 10.4 Å². The van der Waals surface area contributed by atoms with Crippen LogP contribution in [-0.2, 0) is 27.3 Å². The molecule has 42 heavy (non-hydrogen) atoms. The number of nitrogens with zero attached hydrogens (tertiary/aromatic N) is 3. The summed E-state index contributed by atoms with van der Waals surface area (Å²) < 4.78 is 0. The summed E-state index contributed by atoms with van der Waals surface area (Å²) in [7, 11) is 0. The number of hydrogen-bond acceptors (Lipinski definition) is 7. The van der Waals surface area contributed by atoms with Gasteiger partial charge in [0.05, 0.1) is 28.3 Å². The zero-order chi connectivity index (χ0) is 31.0. The van der Waals surface area contributed by atoms with E-state index in [2.05, 4.69) is 48.5 Å². The van der Waals surface area contributed by atoms with Crippen molar-refractivity contribution >= 4 is 29.1 Å². The van der Waals surface area contributed by atoms with Gasteiger partial charge in [-0.05, 0) is 59.8 Å². The molecule has 10 heteroatoms. The van der Waals surface area contributed by atoms with Crippen LogP contribution in [0.4, 0.5) is 0 Å². The molecule has 226 valence electrons. The average Bonchev–Trinajstić information content (AvgIpc) is 3.43. The van der Waals surface area contributed by atoms with Gasteiger partial charge >= 0.3 is 0 Å². The van der Waals surface area contributed by atoms with Gasteiger partial charge in [-0.2, -0.15) is 5.26 Å². The number of amides is 3. The lowest BCUT2D eigenvalue weighted by atomic mass is 9.85. The largest absolute Gasteiger partial charge is 0.391 e. The molecule has 1 saturated heterocycles. The van der Waals surface area contributed by atoms with Crippen LogP contribution in [-0.4, -0.2) is 57.4 Å². The van der Waals surface area contributed by atoms with Crippen molar-refractivity contribution in [1.29, 1.82) is 5.26 Å². The molecule has 0 bridgehead atoms. The normalized spacial score (nSPS) is 20.5. The Balaban J connectivity index is 1.52. The van der Waals surface area contributed by atoms with Crippen molar-refractivity contribution in [3.63, 3.8) is 0 Å². The van der Waals surface area contributed by atoms with E-state index in [1.54, 1.807) is 11.3 Å². The van der Waals surface area contributed by atoms with Crippen molar-refractivity contribution in [1.82, 2.24) is 20.5 Å². The molecule has 1 aliphatic carbocycles. The lowest BCUT2D eigenvalue weighted by Crippen LogP contribution is -2.58. The molecule has 9 nitrogen and oxygen atoms in total. The number of nitrogens with one attached hydrogen (secondary N) is 2. The highest BCUT2D eigenvalue weighted by Gasteiger charge is 2.53. The van der Waals surface area contributed by atoms with Crippen LogP contribution in [0.1, 0.15) is 77.6 Å². The fourth-order valence-electron chi connectivity index (χ4n) is 5.46. The summed E-state index contributed by atoms with van der Waals surface area (Å²) in [5, 5.41) is 25.8. The first-order valence-corrected chi connectivity index (χ1v) is 15.4. The third kappa shape index (κ3) is 7.01. The van der Waals surface area contributed by atoms with Crippen molar-refractivity contribution < 1.29 is 19.5 Å². The SMILES string of the molecule is Cc1ncsc1-c1ccc(CNC(=O)[C@@H]2C[C@@H](O)CN2C(=O)[C@@H](NC(=O)C2(C#N)CC2)C(C)(C)C)c(CC(C)(C)C)c1. The second-order valence-corrected chi connectivity index (χ2v) is 14.9. The van der Waals surface area contributed by atoms with Crippen LogP contribution < -0.4 is 10.6 Å². The Morgan fingerprint density at radius 1 is 1.19 bits per heavy atom. The minimum Gasteiger partial charge on any atom is -0.391 e. The third-order valence-corrected chi connectivity index (χ3v) is 9.02. The number of rotatable bonds is 8. The first-order chi connectivity index (χ1) is 19.5. The van der Waals surface area contributed by atoms with Gasteiger partial charge < -0.3 is 20.6 Å². The molecule has 1 saturated carbocycles. The van der Waals surface area contributed by atoms with E-state index in [0.29, 0.717) is 12.8 Å². The van der Waals surface area contributed by atoms with Gasteiger partial charge in [0.15, 0.2) is 0 Å². The van der Waals surface area contributed by atoms with Gasteiger partial charge in [0, 0.05) is 19.5 Å². The number of carbonyl (C=O) groups is 3. The standard InChI is InChI=1S/C32H43N5O4S/c1-19-25(42-18-35-19)20-8-9-21(22(12-20)14-30(2,3)4)15-34-27(39)24-13-23(38)16-37(24)28(40)26(31(5,6)7)36-29(41)32(17-33)10-11-32/h8-9,12,18,23-24,26,38H,10-11,13-16H2,1-7H3,(H,34,39)(H,36,41)/t23-,24+,26-/m1/s1. The number of aliphatic hydroxyl groups excluding tert-OH is 1. The molecule has 2 fully saturated rings. The topological polar surface area (TPSA) is 135 Å². The van der Waals surface area contributed by atoms with Crippen LogP contribution in [0.3, 0.4) is 0 Å². The van der Waals surface area contributed by atoms with Gasteiger partial charge in [-0.15, -0.1) is 11.3 Å². The van der Waals surface area contributed by atoms with E-state index in [9.17, 15) is 24.8 Å². The Kier molecular flexibility index (Phi) is 8.87. The van der Waals surface area contributed by atoms with Crippen molar-refractivity contribution in [3.05, 3.63) is 40.5 Å². The predicted molar refractivity (Wildman–Crippen MR) is 162 cm³/mol. The van der Waals surface area contributed by atoms with Crippen LogP contribution in [0, 0.1) is 34.5 Å². The molecule has 2 aromatic rings. The summed E-state index contributed by atoms with van der Waals surface area (Å²) in [6.07, 6.45) is 1.01. The van der Waals surface area contributed by atoms with Crippen LogP contribution >= 0.6 is 11.3 Å². The van der Waals surface area contributed by atoms with Gasteiger partial charge in [0.25, 0.3) is 0 Å². The van der Waals surface area contributed by atoms with Crippen molar-refractivity contribution in [2.75, 3.05) is 6.54 Å². The summed E-state index contributed by atoms with van der Waals surface area (Å²) in [6, 6.07) is 6.52. The van der Waals surface area contributed by atoms with Crippen molar-refractivity contribution in [2.45, 2.75) is 98.9 Å². The number of nitriles is 1. The molecular weight excluding hydrogens is 550 g/mol. The van der Waals surface area contributed by atoms with Crippen molar-refractivity contribution in [3.8, 4) is 16.5 Å². The molecule has 3 N–H and O–H groups in total. The van der Waals surface area contributed by atoms with E-state index in [4.69, 9.17) is 0 Å². The molecule has 1 aromatic carbocycles. The zero-order valence-electron chi connectivity index (χ0n) is 25.7. The maximum Gasteiger partial charge on any atom is 0.246 e. The molecule has 3 atom stereocenters. The van der Waals surface area contributed by atoms with E-state index in [0.717, 1.165) is 33.7 Å². The van der Waals surface area contributed by atoms with Crippen molar-refractivity contribution in [2.24, 2.45) is 16.2 Å². The number of aromatic nitrogens is 1. The highest BCUT2D eigenvalue weighted by atomic mass is 32.1. The molecule has 1 aliphatic heterocycles. The monoisotopic (exact) mass is 593 g/mol. The number of benzene rings is 1. The number of aryl methyl sites for hydroxylation is 1. The van der Waals surface area contributed by atoms with Gasteiger partial charge in [-0.1, -0.05) is 53.7 Å². The number of thiazole rings is 1. The molecule has 0 spiro atoms. The molecule has 0 unspecified atom stereocenters. The average molecular weight is 594 g/mol. The van der Waals surface area contributed by atoms with E-state index in [1.165, 1.54) is 4.90 Å². The highest BCUT2D eigenvalue weighted by molar-refractivity contribution is 7.13. The Bertz CT molecular complexity index is 1390. The van der Waals surface area contributed by atoms with Gasteiger partial charge in [-0.25, -0.2) is 4.98 Å². The smallest absolute Gasteiger partial charge is 0.246 e. The minimum atomic E-state index is -1.08. The Hall–Kier alpha value is -3.29. The maximum absolute atomic E-state index is 13.8. The first kappa shape index (κ1) is 31.6. The third-order valence-electron chi connectivity index (χ3n) is 8.04. The molecule has 3 amide bonds. The summed E-state index contributed by atoms with van der Waals surface area (Å²) >= 11 is 1.60. The predicted octanol–water partition coefficient (Wildman–Crippen LogP) is 4.12. The first-order valence-electron chi connectivity index (χ1n) is 14.6. The highest BCUT2D eigenvalue weighted by Crippen LogP contribution is 2.45. The molecule has 2 heterocycles. The number of aliphatic hydroxyl groups is 1. The van der Waals surface area contributed by atoms with E-state index in [-0.39, 0.29) is 30.8 Å². The molecule has 2 aliphatic rings. The number of β-amino-alcohol motifs (C(OH)–C–C–N with tert-alkyl or cyclic N) is 1. The van der Waals surface area contributed by atoms with Crippen LogP contribution in [0.5, 0.6) is 0 Å². The lowest BCUT2D eigenvalue weighted by molar-refractivity contribution is -0.144. The lowest BCUT2D eigenvalue weighted by Gasteiger charge is -2.35. The quantitative estimate of drug-likeness (QED) is 0.421. The van der Waals surface area contributed by atoms with Gasteiger partial charge in [0.2, 0.25) is 17.7 Å². The number of carbonyl (C=O) groups excluding carboxylic acids is 3. The molecule has 0 radical (unpaired) electrons. The Morgan fingerprint density at radius 3 is 2.43 bits per heavy atom. The summed E-state index contributed by atoms with van der Waals surface area (Å²) in [6.45, 7) is 14.3. The fourth-order valence-corrected chi connectivity index (χ4v) is 6.26. The second-order valence-electron chi connectivity index (χ2n) is 14.1. The van der Waals surface area contributed by atoms with Crippen LogP contribution in [0.15, 0.2) is 23.7 Å². The Morgan fingerprint density at radius 2 is 1.88 bits per heavy atom. The zero-order valence-corrected chi connectivity index (χ0v) is 26.5. The fraction of sp³-hybridized carbons (Fsp3) is 0.594. The van der Waals surface area contributed by atoms with Gasteiger partial charge in [-0.3, -0.25) is 14.4 Å². The maximum atomic E-state index is 13.8. The van der Waals surface area contributed by atoms with E-state index >= 15 is 0 Å². The van der Waals surface area contributed by atoms with Crippen LogP contribution in [0.2, 0.25) is 0 Å². The van der Waals surface area contributed by atoms with E-state index < -0.39 is 40.8 Å². The molecule has 1 aromatic heterocycles. The van der Waals surface area contributed by atoms with E-state index in [1.807, 2.05) is 45.3 Å². The Labute approximate surface area is 252 Å². The summed E-state index contributed by atoms with van der Waals surface area (Å²) in [5.41, 5.74) is 4.32. The number of likely N-dealkylation sites (tertiary alicyclic amines) is 1. The molecule has 4 rings (SSSR count). The number of hydrogen-bond donors (Lipinski definition) is 3. The van der Waals surface area contributed by atoms with Gasteiger partial charge in [0.1, 0.15) is 17.5 Å². The summed E-state index contributed by atoms with van der Waals surface area (Å²) in [4.78, 5) is 47.1. The molecular formula is C32H43N5O4S. The second kappa shape index (κ2) is 11.8.